The van der Waals surface area contributed by atoms with Gasteiger partial charge in [-0.25, -0.2) is 9.97 Å². The van der Waals surface area contributed by atoms with E-state index in [2.05, 4.69) is 55.1 Å². The molecule has 0 N–H and O–H groups in total. The Morgan fingerprint density at radius 2 is 1.33 bits per heavy atom. The molecule has 0 radical (unpaired) electrons. The summed E-state index contributed by atoms with van der Waals surface area (Å²) in [6, 6.07) is 0. The van der Waals surface area contributed by atoms with Crippen molar-refractivity contribution >= 4 is 67.9 Å². The van der Waals surface area contributed by atoms with Gasteiger partial charge in [0.2, 0.25) is 0 Å². The van der Waals surface area contributed by atoms with Crippen molar-refractivity contribution in [1.82, 2.24) is 9.97 Å². The van der Waals surface area contributed by atoms with E-state index in [4.69, 9.17) is 0 Å². The van der Waals surface area contributed by atoms with Crippen molar-refractivity contribution in [3.63, 3.8) is 0 Å². The molecule has 0 amide bonds. The average molecular weight is 420 g/mol. The molecule has 6 heteroatoms. The first-order valence-electron chi connectivity index (χ1n) is 2.99. The van der Waals surface area contributed by atoms with Gasteiger partial charge in [0.05, 0.1) is 18.2 Å². The lowest BCUT2D eigenvalue weighted by molar-refractivity contribution is 1.35. The topological polar surface area (TPSA) is 25.8 Å². The van der Waals surface area contributed by atoms with Crippen LogP contribution in [-0.4, -0.2) is 9.97 Å². The van der Waals surface area contributed by atoms with E-state index in [1.807, 2.05) is 12.4 Å². The van der Waals surface area contributed by atoms with Gasteiger partial charge < -0.3 is 0 Å². The highest BCUT2D eigenvalue weighted by Crippen LogP contribution is 2.29. The maximum Gasteiger partial charge on any atom is 0.153 e. The fraction of sp³-hybridized carbons (Fsp3) is 0. The highest BCUT2D eigenvalue weighted by Gasteiger charge is 2.06. The van der Waals surface area contributed by atoms with E-state index in [0.29, 0.717) is 0 Å². The molecular weight excluding hydrogens is 418 g/mol. The van der Waals surface area contributed by atoms with Gasteiger partial charge in [0.1, 0.15) is 0 Å². The quantitative estimate of drug-likeness (QED) is 0.661. The molecule has 62 valence electrons. The second kappa shape index (κ2) is 3.84. The van der Waals surface area contributed by atoms with E-state index < -0.39 is 0 Å². The largest absolute Gasteiger partial charge is 0.241 e. The van der Waals surface area contributed by atoms with Crippen LogP contribution in [0.4, 0.5) is 0 Å². The van der Waals surface area contributed by atoms with Crippen LogP contribution in [0.25, 0.3) is 10.0 Å². The van der Waals surface area contributed by atoms with Crippen LogP contribution < -0.4 is 0 Å². The predicted octanol–water partition coefficient (Wildman–Crippen LogP) is 3.48. The Morgan fingerprint density at radius 3 is 1.58 bits per heavy atom. The molecule has 0 unspecified atom stereocenters. The van der Waals surface area contributed by atoms with E-state index in [-0.39, 0.29) is 0 Å². The van der Waals surface area contributed by atoms with E-state index in [0.717, 1.165) is 10.0 Å². The lowest BCUT2D eigenvalue weighted by Gasteiger charge is -1.82. The first-order valence-corrected chi connectivity index (χ1v) is 6.78. The van der Waals surface area contributed by atoms with Crippen molar-refractivity contribution in [2.75, 3.05) is 0 Å². The average Bonchev–Trinajstić information content (AvgIpc) is 2.58. The molecule has 0 aliphatic carbocycles. The van der Waals surface area contributed by atoms with Crippen molar-refractivity contribution < 1.29 is 0 Å². The fourth-order valence-corrected chi connectivity index (χ4v) is 3.56. The van der Waals surface area contributed by atoms with Gasteiger partial charge in [-0.1, -0.05) is 0 Å². The van der Waals surface area contributed by atoms with E-state index in [1.165, 1.54) is 5.77 Å². The monoisotopic (exact) mass is 420 g/mol. The molecular formula is C6H2I2N2S2. The minimum atomic E-state index is 1.02. The normalized spacial score (nSPS) is 10.5. The van der Waals surface area contributed by atoms with Crippen LogP contribution in [-0.2, 0) is 0 Å². The van der Waals surface area contributed by atoms with Crippen molar-refractivity contribution in [3.8, 4) is 10.0 Å². The molecule has 2 aromatic rings. The van der Waals surface area contributed by atoms with E-state index in [1.54, 1.807) is 22.7 Å². The number of halogens is 2. The van der Waals surface area contributed by atoms with Crippen molar-refractivity contribution in [1.29, 1.82) is 0 Å². The molecule has 2 nitrogen and oxygen atoms in total. The summed E-state index contributed by atoms with van der Waals surface area (Å²) in [4.78, 5) is 8.51. The van der Waals surface area contributed by atoms with Gasteiger partial charge in [-0.2, -0.15) is 0 Å². The van der Waals surface area contributed by atoms with Gasteiger partial charge in [-0.15, -0.1) is 22.7 Å². The summed E-state index contributed by atoms with van der Waals surface area (Å²) >= 11 is 7.88. The molecule has 0 atom stereocenters. The molecule has 12 heavy (non-hydrogen) atoms. The Kier molecular flexibility index (Phi) is 2.97. The highest BCUT2D eigenvalue weighted by atomic mass is 127. The number of nitrogens with zero attached hydrogens (tertiary/aromatic N) is 2. The molecule has 0 saturated carbocycles. The second-order valence-electron chi connectivity index (χ2n) is 1.94. The number of rotatable bonds is 1. The predicted molar refractivity (Wildman–Crippen MR) is 68.7 cm³/mol. The lowest BCUT2D eigenvalue weighted by Crippen LogP contribution is -1.68. The van der Waals surface area contributed by atoms with Gasteiger partial charge in [0.25, 0.3) is 0 Å². The molecule has 0 saturated heterocycles. The highest BCUT2D eigenvalue weighted by molar-refractivity contribution is 14.1. The number of thiazole rings is 2. The first-order chi connectivity index (χ1) is 5.75. The Labute approximate surface area is 105 Å². The minimum Gasteiger partial charge on any atom is -0.241 e. The summed E-state index contributed by atoms with van der Waals surface area (Å²) in [6.45, 7) is 0. The summed E-state index contributed by atoms with van der Waals surface area (Å²) in [6.07, 6.45) is 3.74. The van der Waals surface area contributed by atoms with Crippen LogP contribution in [0.15, 0.2) is 12.4 Å². The first kappa shape index (κ1) is 9.28. The summed E-state index contributed by atoms with van der Waals surface area (Å²) < 4.78 is 2.40. The van der Waals surface area contributed by atoms with Crippen LogP contribution in [0.2, 0.25) is 0 Å². The van der Waals surface area contributed by atoms with Crippen molar-refractivity contribution in [2.45, 2.75) is 0 Å². The zero-order valence-corrected chi connectivity index (χ0v) is 11.6. The van der Waals surface area contributed by atoms with Gasteiger partial charge >= 0.3 is 0 Å². The Hall–Kier alpha value is 0.720. The standard InChI is InChI=1S/C6H2I2N2S2/c7-3-1-9-5(11-3)6-10-2-4(8)12-6/h1-2H. The van der Waals surface area contributed by atoms with Crippen LogP contribution in [0.5, 0.6) is 0 Å². The molecule has 2 rings (SSSR count). The number of hydrogen-bond donors (Lipinski definition) is 0. The van der Waals surface area contributed by atoms with Gasteiger partial charge in [0.15, 0.2) is 10.0 Å². The Bertz CT molecular complexity index is 357. The summed E-state index contributed by atoms with van der Waals surface area (Å²) in [5.74, 6) is 0. The summed E-state index contributed by atoms with van der Waals surface area (Å²) in [7, 11) is 0. The zero-order valence-electron chi connectivity index (χ0n) is 5.62. The van der Waals surface area contributed by atoms with Crippen LogP contribution in [0.3, 0.4) is 0 Å². The molecule has 0 fully saturated rings. The van der Waals surface area contributed by atoms with Gasteiger partial charge in [0, 0.05) is 0 Å². The van der Waals surface area contributed by atoms with E-state index in [9.17, 15) is 0 Å². The maximum absolute atomic E-state index is 4.25. The second-order valence-corrected chi connectivity index (χ2v) is 7.79. The third-order valence-electron chi connectivity index (χ3n) is 1.14. The van der Waals surface area contributed by atoms with Crippen molar-refractivity contribution in [2.24, 2.45) is 0 Å². The van der Waals surface area contributed by atoms with Crippen LogP contribution >= 0.6 is 67.9 Å². The third-order valence-corrected chi connectivity index (χ3v) is 4.73. The van der Waals surface area contributed by atoms with Crippen LogP contribution in [0.1, 0.15) is 0 Å². The number of aromatic nitrogens is 2. The van der Waals surface area contributed by atoms with Gasteiger partial charge in [-0.05, 0) is 45.2 Å². The number of hydrogen-bond acceptors (Lipinski definition) is 4. The zero-order chi connectivity index (χ0) is 8.55. The maximum atomic E-state index is 4.25. The molecule has 0 bridgehead atoms. The minimum absolute atomic E-state index is 1.02. The molecule has 0 aliphatic rings. The summed E-state index contributed by atoms with van der Waals surface area (Å²) in [5, 5.41) is 2.04. The fourth-order valence-electron chi connectivity index (χ4n) is 0.707. The molecule has 2 aromatic heterocycles. The molecule has 2 heterocycles. The van der Waals surface area contributed by atoms with Crippen molar-refractivity contribution in [3.05, 3.63) is 18.2 Å². The van der Waals surface area contributed by atoms with Crippen LogP contribution in [0, 0.1) is 5.77 Å². The Balaban J connectivity index is 2.43. The molecule has 0 spiro atoms. The SMILES string of the molecule is Ic1cnc(-c2ncc(I)s2)s1. The lowest BCUT2D eigenvalue weighted by atomic mass is 10.7. The van der Waals surface area contributed by atoms with E-state index >= 15 is 0 Å². The molecule has 0 aliphatic heterocycles. The molecule has 0 aromatic carbocycles. The summed E-state index contributed by atoms with van der Waals surface area (Å²) in [5.41, 5.74) is 0. The smallest absolute Gasteiger partial charge is 0.153 e. The van der Waals surface area contributed by atoms with Gasteiger partial charge in [-0.3, -0.25) is 0 Å². The third kappa shape index (κ3) is 1.96. The Morgan fingerprint density at radius 1 is 0.917 bits per heavy atom.